The first-order chi connectivity index (χ1) is 8.65. The van der Waals surface area contributed by atoms with E-state index in [0.29, 0.717) is 29.6 Å². The van der Waals surface area contributed by atoms with Gasteiger partial charge in [0, 0.05) is 40.3 Å². The van der Waals surface area contributed by atoms with Crippen LogP contribution in [-0.2, 0) is 23.6 Å². The minimum Gasteiger partial charge on any atom is -0.335 e. The van der Waals surface area contributed by atoms with Gasteiger partial charge >= 0.3 is 0 Å². The van der Waals surface area contributed by atoms with Crippen molar-refractivity contribution in [1.29, 1.82) is 0 Å². The average molecular weight is 286 g/mol. The van der Waals surface area contributed by atoms with Gasteiger partial charge in [-0.3, -0.25) is 9.00 Å². The molecule has 1 saturated heterocycles. The Kier molecular flexibility index (Phi) is 4.50. The van der Waals surface area contributed by atoms with Crippen LogP contribution >= 0.6 is 11.3 Å². The molecule has 1 fully saturated rings. The smallest absolute Gasteiger partial charge is 0.282 e. The zero-order valence-corrected chi connectivity index (χ0v) is 12.4. The molecular formula is C12H18N2O2S2. The molecule has 0 aromatic carbocycles. The topological polar surface area (TPSA) is 50.3 Å². The molecule has 0 spiro atoms. The zero-order valence-electron chi connectivity index (χ0n) is 10.8. The Balaban J connectivity index is 2.13. The Hall–Kier alpha value is -0.750. The summed E-state index contributed by atoms with van der Waals surface area (Å²) in [6, 6.07) is 0. The van der Waals surface area contributed by atoms with Crippen LogP contribution in [0.5, 0.6) is 0 Å². The van der Waals surface area contributed by atoms with Crippen molar-refractivity contribution in [2.24, 2.45) is 0 Å². The van der Waals surface area contributed by atoms with Crippen molar-refractivity contribution >= 4 is 28.0 Å². The summed E-state index contributed by atoms with van der Waals surface area (Å²) in [5.41, 5.74) is 1.05. The van der Waals surface area contributed by atoms with Gasteiger partial charge in [0.15, 0.2) is 5.01 Å². The van der Waals surface area contributed by atoms with Crippen molar-refractivity contribution in [3.63, 3.8) is 0 Å². The summed E-state index contributed by atoms with van der Waals surface area (Å²) in [4.78, 5) is 19.7. The molecule has 0 saturated carbocycles. The molecule has 2 rings (SSSR count). The molecule has 6 heteroatoms. The molecule has 0 radical (unpaired) electrons. The summed E-state index contributed by atoms with van der Waals surface area (Å²) in [5.74, 6) is 1.20. The standard InChI is InChI=1S/C12H18N2O2S2/c1-3-9-10(4-2)17-11(13-9)12(15)14-5-7-18(16)8-6-14/h3-8H2,1-2H3. The molecule has 4 nitrogen and oxygen atoms in total. The van der Waals surface area contributed by atoms with Gasteiger partial charge in [-0.1, -0.05) is 13.8 Å². The fourth-order valence-corrected chi connectivity index (χ4v) is 4.11. The van der Waals surface area contributed by atoms with Gasteiger partial charge in [0.25, 0.3) is 5.91 Å². The monoisotopic (exact) mass is 286 g/mol. The van der Waals surface area contributed by atoms with Gasteiger partial charge < -0.3 is 4.90 Å². The summed E-state index contributed by atoms with van der Waals surface area (Å²) >= 11 is 1.51. The van der Waals surface area contributed by atoms with Crippen molar-refractivity contribution in [2.45, 2.75) is 26.7 Å². The van der Waals surface area contributed by atoms with E-state index in [4.69, 9.17) is 0 Å². The van der Waals surface area contributed by atoms with Gasteiger partial charge in [-0.2, -0.15) is 0 Å². The summed E-state index contributed by atoms with van der Waals surface area (Å²) in [6.07, 6.45) is 1.80. The summed E-state index contributed by atoms with van der Waals surface area (Å²) < 4.78 is 11.3. The molecule has 0 bridgehead atoms. The first kappa shape index (κ1) is 13.7. The van der Waals surface area contributed by atoms with Crippen molar-refractivity contribution < 1.29 is 9.00 Å². The molecule has 1 aromatic heterocycles. The van der Waals surface area contributed by atoms with E-state index in [0.717, 1.165) is 18.5 Å². The molecular weight excluding hydrogens is 268 g/mol. The molecule has 0 atom stereocenters. The number of hydrogen-bond donors (Lipinski definition) is 0. The number of nitrogens with zero attached hydrogens (tertiary/aromatic N) is 2. The third-order valence-corrected chi connectivity index (χ3v) is 5.59. The Bertz CT molecular complexity index is 439. The lowest BCUT2D eigenvalue weighted by atomic mass is 10.2. The number of thiazole rings is 1. The van der Waals surface area contributed by atoms with E-state index < -0.39 is 10.8 Å². The van der Waals surface area contributed by atoms with Crippen LogP contribution < -0.4 is 0 Å². The maximum absolute atomic E-state index is 12.3. The Labute approximate surface area is 114 Å². The third-order valence-electron chi connectivity index (χ3n) is 3.08. The Morgan fingerprint density at radius 2 is 2.00 bits per heavy atom. The highest BCUT2D eigenvalue weighted by Gasteiger charge is 2.24. The molecule has 2 heterocycles. The predicted molar refractivity (Wildman–Crippen MR) is 74.6 cm³/mol. The van der Waals surface area contributed by atoms with E-state index in [9.17, 15) is 9.00 Å². The largest absolute Gasteiger partial charge is 0.335 e. The molecule has 0 N–H and O–H groups in total. The highest BCUT2D eigenvalue weighted by atomic mass is 32.2. The fraction of sp³-hybridized carbons (Fsp3) is 0.667. The minimum atomic E-state index is -0.747. The van der Waals surface area contributed by atoms with Gasteiger partial charge in [0.05, 0.1) is 5.69 Å². The normalized spacial score (nSPS) is 17.1. The van der Waals surface area contributed by atoms with E-state index in [1.54, 1.807) is 4.90 Å². The predicted octanol–water partition coefficient (Wildman–Crippen LogP) is 1.47. The van der Waals surface area contributed by atoms with Gasteiger partial charge in [0.1, 0.15) is 0 Å². The van der Waals surface area contributed by atoms with E-state index in [-0.39, 0.29) is 5.91 Å². The maximum Gasteiger partial charge on any atom is 0.282 e. The van der Waals surface area contributed by atoms with Crippen LogP contribution in [-0.4, -0.2) is 44.6 Å². The average Bonchev–Trinajstić information content (AvgIpc) is 2.82. The molecule has 1 aliphatic rings. The second-order valence-corrected chi connectivity index (χ2v) is 7.02. The van der Waals surface area contributed by atoms with E-state index in [1.807, 2.05) is 0 Å². The van der Waals surface area contributed by atoms with Gasteiger partial charge in [-0.05, 0) is 12.8 Å². The van der Waals surface area contributed by atoms with Crippen LogP contribution in [0.3, 0.4) is 0 Å². The second kappa shape index (κ2) is 5.93. The lowest BCUT2D eigenvalue weighted by Crippen LogP contribution is -2.41. The van der Waals surface area contributed by atoms with Crippen molar-refractivity contribution in [3.05, 3.63) is 15.6 Å². The van der Waals surface area contributed by atoms with Crippen LogP contribution in [0.15, 0.2) is 0 Å². The van der Waals surface area contributed by atoms with Crippen LogP contribution in [0.1, 0.15) is 34.2 Å². The lowest BCUT2D eigenvalue weighted by molar-refractivity contribution is 0.0770. The highest BCUT2D eigenvalue weighted by Crippen LogP contribution is 2.21. The number of aromatic nitrogens is 1. The van der Waals surface area contributed by atoms with Crippen molar-refractivity contribution in [3.8, 4) is 0 Å². The second-order valence-electron chi connectivity index (χ2n) is 4.24. The van der Waals surface area contributed by atoms with E-state index in [2.05, 4.69) is 18.8 Å². The number of aryl methyl sites for hydroxylation is 2. The SMILES string of the molecule is CCc1nc(C(=O)N2CCS(=O)CC2)sc1CC. The highest BCUT2D eigenvalue weighted by molar-refractivity contribution is 7.85. The van der Waals surface area contributed by atoms with Crippen molar-refractivity contribution in [1.82, 2.24) is 9.88 Å². The first-order valence-electron chi connectivity index (χ1n) is 6.28. The third kappa shape index (κ3) is 2.80. The van der Waals surface area contributed by atoms with E-state index in [1.165, 1.54) is 16.2 Å². The van der Waals surface area contributed by atoms with Crippen LogP contribution in [0.4, 0.5) is 0 Å². The van der Waals surface area contributed by atoms with E-state index >= 15 is 0 Å². The van der Waals surface area contributed by atoms with Crippen LogP contribution in [0.2, 0.25) is 0 Å². The molecule has 1 amide bonds. The van der Waals surface area contributed by atoms with Gasteiger partial charge in [0.2, 0.25) is 0 Å². The Morgan fingerprint density at radius 1 is 1.33 bits per heavy atom. The fourth-order valence-electron chi connectivity index (χ4n) is 2.00. The van der Waals surface area contributed by atoms with Gasteiger partial charge in [-0.25, -0.2) is 4.98 Å². The zero-order chi connectivity index (χ0) is 13.1. The number of carbonyl (C=O) groups excluding carboxylic acids is 1. The quantitative estimate of drug-likeness (QED) is 0.845. The van der Waals surface area contributed by atoms with Crippen LogP contribution in [0, 0.1) is 0 Å². The Morgan fingerprint density at radius 3 is 2.50 bits per heavy atom. The molecule has 18 heavy (non-hydrogen) atoms. The lowest BCUT2D eigenvalue weighted by Gasteiger charge is -2.25. The summed E-state index contributed by atoms with van der Waals surface area (Å²) in [6.45, 7) is 5.33. The molecule has 1 aliphatic heterocycles. The van der Waals surface area contributed by atoms with Crippen LogP contribution in [0.25, 0.3) is 0 Å². The molecule has 100 valence electrons. The summed E-state index contributed by atoms with van der Waals surface area (Å²) in [7, 11) is -0.747. The number of carbonyl (C=O) groups is 1. The number of amides is 1. The number of hydrogen-bond acceptors (Lipinski definition) is 4. The van der Waals surface area contributed by atoms with Gasteiger partial charge in [-0.15, -0.1) is 11.3 Å². The minimum absolute atomic E-state index is 0.00565. The maximum atomic E-state index is 12.3. The molecule has 0 aliphatic carbocycles. The summed E-state index contributed by atoms with van der Waals surface area (Å²) in [5, 5.41) is 0.594. The molecule has 0 unspecified atom stereocenters. The number of rotatable bonds is 3. The molecule has 1 aromatic rings. The van der Waals surface area contributed by atoms with Crippen molar-refractivity contribution in [2.75, 3.05) is 24.6 Å². The first-order valence-corrected chi connectivity index (χ1v) is 8.59.